The Morgan fingerprint density at radius 3 is 1.67 bits per heavy atom. The van der Waals surface area contributed by atoms with Gasteiger partial charge in [0, 0.05) is 12.6 Å². The minimum atomic E-state index is -0.470. The van der Waals surface area contributed by atoms with Gasteiger partial charge in [0.15, 0.2) is 0 Å². The average Bonchev–Trinajstić information content (AvgIpc) is 3.03. The molecule has 3 aromatic carbocycles. The fourth-order valence-corrected chi connectivity index (χ4v) is 4.88. The first-order valence-corrected chi connectivity index (χ1v) is 16.3. The molecule has 230 valence electrons. The number of aliphatic imine (C=N–C) groups is 1. The van der Waals surface area contributed by atoms with Crippen LogP contribution in [0.25, 0.3) is 0 Å². The number of aryl methyl sites for hydroxylation is 1. The molecule has 0 aromatic heterocycles. The summed E-state index contributed by atoms with van der Waals surface area (Å²) in [5.74, 6) is 0.175. The van der Waals surface area contributed by atoms with Crippen LogP contribution in [0.3, 0.4) is 0 Å². The van der Waals surface area contributed by atoms with E-state index in [1.165, 1.54) is 76.2 Å². The minimum absolute atomic E-state index is 0.236. The Morgan fingerprint density at radius 1 is 0.605 bits per heavy atom. The molecule has 0 bridgehead atoms. The Bertz CT molecular complexity index is 1230. The first-order valence-electron chi connectivity index (χ1n) is 16.3. The topological polar surface area (TPSA) is 65.0 Å². The van der Waals surface area contributed by atoms with Crippen molar-refractivity contribution in [2.45, 2.75) is 110 Å². The first kappa shape index (κ1) is 33.8. The Kier molecular flexibility index (Phi) is 15.9. The maximum Gasteiger partial charge on any atom is 0.343 e. The molecule has 43 heavy (non-hydrogen) atoms. The Labute approximate surface area is 258 Å². The third-order valence-electron chi connectivity index (χ3n) is 7.60. The molecule has 5 heteroatoms. The molecule has 0 saturated heterocycles. The van der Waals surface area contributed by atoms with Gasteiger partial charge in [0.25, 0.3) is 0 Å². The molecule has 0 radical (unpaired) electrons. The average molecular weight is 584 g/mol. The van der Waals surface area contributed by atoms with Gasteiger partial charge in [-0.2, -0.15) is 0 Å². The Morgan fingerprint density at radius 2 is 1.12 bits per heavy atom. The first-order chi connectivity index (χ1) is 21.1. The third kappa shape index (κ3) is 13.9. The van der Waals surface area contributed by atoms with Crippen LogP contribution in [0.15, 0.2) is 77.8 Å². The van der Waals surface area contributed by atoms with E-state index in [1.54, 1.807) is 42.6 Å². The number of nitrogens with zero attached hydrogens (tertiary/aromatic N) is 1. The van der Waals surface area contributed by atoms with Crippen LogP contribution in [0.4, 0.5) is 5.69 Å². The number of hydrogen-bond donors (Lipinski definition) is 0. The fraction of sp³-hybridized carbons (Fsp3) is 0.447. The molecule has 0 heterocycles. The van der Waals surface area contributed by atoms with Crippen LogP contribution in [-0.4, -0.2) is 18.2 Å². The predicted molar refractivity (Wildman–Crippen MR) is 177 cm³/mol. The van der Waals surface area contributed by atoms with Gasteiger partial charge in [0.2, 0.25) is 0 Å². The lowest BCUT2D eigenvalue weighted by molar-refractivity contribution is -0.134. The van der Waals surface area contributed by atoms with Crippen molar-refractivity contribution in [2.24, 2.45) is 4.99 Å². The lowest BCUT2D eigenvalue weighted by atomic mass is 10.0. The van der Waals surface area contributed by atoms with E-state index < -0.39 is 5.97 Å². The molecule has 0 aliphatic carbocycles. The number of rotatable bonds is 20. The Balaban J connectivity index is 1.28. The van der Waals surface area contributed by atoms with Gasteiger partial charge in [-0.15, -0.1) is 0 Å². The molecule has 0 saturated carbocycles. The van der Waals surface area contributed by atoms with Crippen molar-refractivity contribution in [2.75, 3.05) is 0 Å². The number of unbranched alkanes of at least 4 members (excludes halogenated alkanes) is 12. The van der Waals surface area contributed by atoms with Crippen LogP contribution < -0.4 is 9.47 Å². The van der Waals surface area contributed by atoms with Crippen molar-refractivity contribution in [1.82, 2.24) is 0 Å². The number of hydrogen-bond acceptors (Lipinski definition) is 5. The molecule has 3 aromatic rings. The fourth-order valence-electron chi connectivity index (χ4n) is 4.88. The number of esters is 2. The van der Waals surface area contributed by atoms with Gasteiger partial charge in [-0.05, 0) is 84.6 Å². The number of benzene rings is 3. The maximum atomic E-state index is 12.6. The van der Waals surface area contributed by atoms with Gasteiger partial charge >= 0.3 is 11.9 Å². The summed E-state index contributed by atoms with van der Waals surface area (Å²) >= 11 is 0. The highest BCUT2D eigenvalue weighted by Crippen LogP contribution is 2.19. The Hall–Kier alpha value is -3.73. The second-order valence-electron chi connectivity index (χ2n) is 11.2. The predicted octanol–water partition coefficient (Wildman–Crippen LogP) is 10.6. The van der Waals surface area contributed by atoms with Crippen molar-refractivity contribution >= 4 is 23.8 Å². The zero-order valence-electron chi connectivity index (χ0n) is 26.2. The van der Waals surface area contributed by atoms with E-state index in [4.69, 9.17) is 9.47 Å². The lowest BCUT2D eigenvalue weighted by Crippen LogP contribution is -2.10. The summed E-state index contributed by atoms with van der Waals surface area (Å²) in [5.41, 5.74) is 3.46. The molecule has 0 amide bonds. The van der Waals surface area contributed by atoms with Gasteiger partial charge in [0.1, 0.15) is 11.5 Å². The van der Waals surface area contributed by atoms with Gasteiger partial charge in [0.05, 0.1) is 11.3 Å². The van der Waals surface area contributed by atoms with Crippen LogP contribution in [-0.2, 0) is 11.2 Å². The van der Waals surface area contributed by atoms with E-state index in [0.29, 0.717) is 23.5 Å². The van der Waals surface area contributed by atoms with Crippen LogP contribution in [0, 0.1) is 0 Å². The molecule has 5 nitrogen and oxygen atoms in total. The summed E-state index contributed by atoms with van der Waals surface area (Å²) < 4.78 is 11.0. The maximum absolute atomic E-state index is 12.6. The van der Waals surface area contributed by atoms with Gasteiger partial charge in [-0.3, -0.25) is 9.79 Å². The summed E-state index contributed by atoms with van der Waals surface area (Å²) in [6.45, 7) is 4.39. The molecular weight excluding hydrogens is 534 g/mol. The molecule has 0 aliphatic heterocycles. The van der Waals surface area contributed by atoms with Crippen molar-refractivity contribution < 1.29 is 19.1 Å². The van der Waals surface area contributed by atoms with E-state index in [0.717, 1.165) is 30.5 Å². The van der Waals surface area contributed by atoms with Crippen molar-refractivity contribution in [3.8, 4) is 11.5 Å². The van der Waals surface area contributed by atoms with E-state index in [9.17, 15) is 9.59 Å². The molecule has 3 rings (SSSR count). The van der Waals surface area contributed by atoms with Gasteiger partial charge in [-0.25, -0.2) is 4.79 Å². The second-order valence-corrected chi connectivity index (χ2v) is 11.2. The van der Waals surface area contributed by atoms with E-state index in [2.05, 4.69) is 31.0 Å². The zero-order valence-corrected chi connectivity index (χ0v) is 26.2. The minimum Gasteiger partial charge on any atom is -0.427 e. The summed E-state index contributed by atoms with van der Waals surface area (Å²) in [4.78, 5) is 29.3. The van der Waals surface area contributed by atoms with Crippen LogP contribution in [0.1, 0.15) is 125 Å². The highest BCUT2D eigenvalue weighted by molar-refractivity contribution is 5.91. The summed E-state index contributed by atoms with van der Waals surface area (Å²) in [7, 11) is 0. The molecular formula is C38H49NO4. The SMILES string of the molecule is CCCCCCCCCCCCCCCC(=O)Oc1ccc(C(=O)Oc2ccc(C=Nc3ccc(CC)cc3)cc2)cc1. The number of carbonyl (C=O) groups excluding carboxylic acids is 2. The van der Waals surface area contributed by atoms with Crippen LogP contribution in [0.5, 0.6) is 11.5 Å². The molecule has 0 N–H and O–H groups in total. The quantitative estimate of drug-likeness (QED) is 0.0574. The van der Waals surface area contributed by atoms with Gasteiger partial charge in [-0.1, -0.05) is 103 Å². The second kappa shape index (κ2) is 20.2. The molecule has 0 fully saturated rings. The number of carbonyl (C=O) groups is 2. The highest BCUT2D eigenvalue weighted by Gasteiger charge is 2.10. The zero-order chi connectivity index (χ0) is 30.5. The normalized spacial score (nSPS) is 11.1. The van der Waals surface area contributed by atoms with E-state index in [1.807, 2.05) is 24.3 Å². The summed E-state index contributed by atoms with van der Waals surface area (Å²) in [5, 5.41) is 0. The third-order valence-corrected chi connectivity index (χ3v) is 7.60. The molecule has 0 spiro atoms. The van der Waals surface area contributed by atoms with Gasteiger partial charge < -0.3 is 9.47 Å². The molecule has 0 atom stereocenters. The molecule has 0 unspecified atom stereocenters. The van der Waals surface area contributed by atoms with E-state index in [-0.39, 0.29) is 5.97 Å². The summed E-state index contributed by atoms with van der Waals surface area (Å²) in [6.07, 6.45) is 19.7. The van der Waals surface area contributed by atoms with Crippen molar-refractivity contribution in [3.05, 3.63) is 89.5 Å². The summed E-state index contributed by atoms with van der Waals surface area (Å²) in [6, 6.07) is 21.8. The van der Waals surface area contributed by atoms with Crippen molar-refractivity contribution in [3.63, 3.8) is 0 Å². The monoisotopic (exact) mass is 583 g/mol. The van der Waals surface area contributed by atoms with Crippen LogP contribution >= 0.6 is 0 Å². The molecule has 0 aliphatic rings. The van der Waals surface area contributed by atoms with E-state index >= 15 is 0 Å². The smallest absolute Gasteiger partial charge is 0.343 e. The standard InChI is InChI=1S/C38H49NO4/c1-3-5-6-7-8-9-10-11-12-13-14-15-16-17-37(40)42-35-28-22-33(23-29-35)38(41)43-36-26-20-32(21-27-36)30-39-34-24-18-31(4-2)19-25-34/h18-30H,3-17H2,1-2H3. The number of ether oxygens (including phenoxy) is 2. The van der Waals surface area contributed by atoms with Crippen LogP contribution in [0.2, 0.25) is 0 Å². The highest BCUT2D eigenvalue weighted by atomic mass is 16.5. The lowest BCUT2D eigenvalue weighted by Gasteiger charge is -2.07. The largest absolute Gasteiger partial charge is 0.427 e. The van der Waals surface area contributed by atoms with Crippen molar-refractivity contribution in [1.29, 1.82) is 0 Å².